The van der Waals surface area contributed by atoms with Gasteiger partial charge in [0, 0.05) is 68.0 Å². The first-order chi connectivity index (χ1) is 24.8. The number of carbonyl (C=O) groups is 1. The highest BCUT2D eigenvalue weighted by Gasteiger charge is 2.34. The lowest BCUT2D eigenvalue weighted by Crippen LogP contribution is -2.44. The number of aldehydes is 1. The lowest BCUT2D eigenvalue weighted by atomic mass is 10.1. The first kappa shape index (κ1) is 35.9. The van der Waals surface area contributed by atoms with E-state index in [1.54, 1.807) is 40.0 Å². The fraction of sp³-hybridized carbons (Fsp3) is 0.306. The predicted octanol–water partition coefficient (Wildman–Crippen LogP) is 7.30. The van der Waals surface area contributed by atoms with E-state index in [0.29, 0.717) is 52.3 Å². The SMILES string of the molecule is Cl.Cn1ncc2c1Nc1cc(Cl)ccc1N(c1cc(C=O)c(F)c(N3Cc4cnn(C)c4Nc4cc(Cl)ccc43)c1OCCCN1CCNCC1)C2. The molecule has 0 saturated carbocycles. The summed E-state index contributed by atoms with van der Waals surface area (Å²) in [6.45, 7) is 5.55. The smallest absolute Gasteiger partial charge is 0.169 e. The van der Waals surface area contributed by atoms with Crippen LogP contribution in [0.3, 0.4) is 0 Å². The molecule has 0 radical (unpaired) electrons. The van der Waals surface area contributed by atoms with Gasteiger partial charge < -0.3 is 35.4 Å². The number of carbonyl (C=O) groups excluding carboxylic acids is 1. The maximum absolute atomic E-state index is 17.1. The lowest BCUT2D eigenvalue weighted by molar-refractivity contribution is 0.112. The Labute approximate surface area is 316 Å². The van der Waals surface area contributed by atoms with E-state index in [1.165, 1.54) is 0 Å². The lowest BCUT2D eigenvalue weighted by Gasteiger charge is -2.33. The molecule has 2 aromatic heterocycles. The van der Waals surface area contributed by atoms with Gasteiger partial charge in [-0.25, -0.2) is 4.39 Å². The minimum absolute atomic E-state index is 0. The predicted molar refractivity (Wildman–Crippen MR) is 206 cm³/mol. The van der Waals surface area contributed by atoms with Crippen LogP contribution in [0.1, 0.15) is 27.9 Å². The molecule has 0 aliphatic carbocycles. The summed E-state index contributed by atoms with van der Waals surface area (Å²) in [5, 5.41) is 20.4. The van der Waals surface area contributed by atoms with Crippen molar-refractivity contribution >= 4 is 87.7 Å². The molecule has 0 spiro atoms. The molecule has 3 aromatic carbocycles. The first-order valence-electron chi connectivity index (χ1n) is 16.9. The van der Waals surface area contributed by atoms with E-state index >= 15 is 4.39 Å². The van der Waals surface area contributed by atoms with Crippen LogP contribution in [0.25, 0.3) is 0 Å². The van der Waals surface area contributed by atoms with Gasteiger partial charge in [0.25, 0.3) is 0 Å². The number of anilines is 8. The highest BCUT2D eigenvalue weighted by molar-refractivity contribution is 6.31. The Morgan fingerprint density at radius 2 is 1.42 bits per heavy atom. The van der Waals surface area contributed by atoms with Crippen LogP contribution in [0, 0.1) is 5.82 Å². The Hall–Kier alpha value is -4.53. The number of aryl methyl sites for hydroxylation is 2. The Morgan fingerprint density at radius 1 is 0.846 bits per heavy atom. The van der Waals surface area contributed by atoms with Gasteiger partial charge in [-0.2, -0.15) is 10.2 Å². The summed E-state index contributed by atoms with van der Waals surface area (Å²) < 4.78 is 27.4. The Bertz CT molecular complexity index is 2130. The molecule has 1 saturated heterocycles. The maximum Gasteiger partial charge on any atom is 0.169 e. The van der Waals surface area contributed by atoms with Crippen molar-refractivity contribution in [1.29, 1.82) is 0 Å². The number of ether oxygens (including phenoxy) is 1. The zero-order chi connectivity index (χ0) is 35.2. The van der Waals surface area contributed by atoms with E-state index in [9.17, 15) is 4.79 Å². The van der Waals surface area contributed by atoms with Crippen molar-refractivity contribution in [3.8, 4) is 5.75 Å². The summed E-state index contributed by atoms with van der Waals surface area (Å²) in [5.74, 6) is 1.16. The number of rotatable bonds is 8. The minimum Gasteiger partial charge on any atom is -0.489 e. The van der Waals surface area contributed by atoms with Gasteiger partial charge >= 0.3 is 0 Å². The van der Waals surface area contributed by atoms with E-state index in [2.05, 4.69) is 31.0 Å². The molecule has 0 amide bonds. The van der Waals surface area contributed by atoms with Crippen LogP contribution in [0.4, 0.5) is 50.2 Å². The van der Waals surface area contributed by atoms with Crippen LogP contribution in [0.15, 0.2) is 54.9 Å². The van der Waals surface area contributed by atoms with Crippen LogP contribution in [0.5, 0.6) is 5.75 Å². The monoisotopic (exact) mass is 766 g/mol. The highest BCUT2D eigenvalue weighted by Crippen LogP contribution is 2.52. The largest absolute Gasteiger partial charge is 0.489 e. The fourth-order valence-electron chi connectivity index (χ4n) is 7.09. The molecule has 0 atom stereocenters. The van der Waals surface area contributed by atoms with Crippen molar-refractivity contribution in [1.82, 2.24) is 29.8 Å². The number of hydrogen-bond acceptors (Lipinski definition) is 10. The van der Waals surface area contributed by atoms with Crippen LogP contribution >= 0.6 is 35.6 Å². The van der Waals surface area contributed by atoms with Crippen LogP contribution in [-0.2, 0) is 27.2 Å². The molecule has 0 unspecified atom stereocenters. The molecule has 16 heteroatoms. The number of benzene rings is 3. The fourth-order valence-corrected chi connectivity index (χ4v) is 7.43. The van der Waals surface area contributed by atoms with Crippen molar-refractivity contribution < 1.29 is 13.9 Å². The normalized spacial score (nSPS) is 15.2. The molecule has 5 heterocycles. The number of piperazine rings is 1. The standard InChI is InChI=1S/C36H37Cl2FN10O2.ClH/c1-45-35-23(17-41-45)19-48(29-6-4-25(37)15-27(29)43-35)31-14-22(21-50)32(39)33(34(31)51-13-3-10-47-11-8-40-9-12-47)49-20-24-18-42-46(2)36(24)44-28-16-26(38)5-7-30(28)49;/h4-7,14-18,21,40,43-44H,3,8-13,19-20H2,1-2H3;1H. The van der Waals surface area contributed by atoms with E-state index < -0.39 is 5.82 Å². The number of halogens is 4. The summed E-state index contributed by atoms with van der Waals surface area (Å²) in [6.07, 6.45) is 4.83. The average molecular weight is 768 g/mol. The number of nitrogens with zero attached hydrogens (tertiary/aromatic N) is 7. The van der Waals surface area contributed by atoms with E-state index in [1.807, 2.05) is 48.2 Å². The molecule has 0 bridgehead atoms. The Morgan fingerprint density at radius 3 is 2.02 bits per heavy atom. The zero-order valence-electron chi connectivity index (χ0n) is 28.6. The third-order valence-electron chi connectivity index (χ3n) is 9.65. The third-order valence-corrected chi connectivity index (χ3v) is 10.1. The van der Waals surface area contributed by atoms with Crippen molar-refractivity contribution in [2.45, 2.75) is 19.5 Å². The van der Waals surface area contributed by atoms with Gasteiger partial charge in [0.1, 0.15) is 17.3 Å². The molecule has 1 fully saturated rings. The molecule has 12 nitrogen and oxygen atoms in total. The van der Waals surface area contributed by atoms with Gasteiger partial charge in [-0.05, 0) is 48.9 Å². The number of nitrogens with one attached hydrogen (secondary N) is 3. The minimum atomic E-state index is -0.689. The van der Waals surface area contributed by atoms with Gasteiger partial charge in [0.05, 0.1) is 66.1 Å². The number of hydrogen-bond donors (Lipinski definition) is 3. The summed E-state index contributed by atoms with van der Waals surface area (Å²) >= 11 is 13.0. The third kappa shape index (κ3) is 6.63. The first-order valence-corrected chi connectivity index (χ1v) is 17.6. The summed E-state index contributed by atoms with van der Waals surface area (Å²) in [7, 11) is 3.71. The molecular formula is C36H38Cl3FN10O2. The van der Waals surface area contributed by atoms with Gasteiger partial charge in [-0.3, -0.25) is 14.2 Å². The van der Waals surface area contributed by atoms with Gasteiger partial charge in [-0.1, -0.05) is 23.2 Å². The number of fused-ring (bicyclic) bond motifs is 4. The van der Waals surface area contributed by atoms with Crippen molar-refractivity contribution in [3.05, 3.63) is 87.4 Å². The summed E-state index contributed by atoms with van der Waals surface area (Å²) in [4.78, 5) is 19.0. The molecule has 3 aliphatic heterocycles. The highest BCUT2D eigenvalue weighted by atomic mass is 35.5. The number of aromatic nitrogens is 4. The second kappa shape index (κ2) is 14.8. The molecule has 272 valence electrons. The summed E-state index contributed by atoms with van der Waals surface area (Å²) in [5.41, 5.74) is 5.10. The second-order valence-electron chi connectivity index (χ2n) is 12.9. The van der Waals surface area contributed by atoms with Crippen molar-refractivity contribution in [3.63, 3.8) is 0 Å². The van der Waals surface area contributed by atoms with E-state index in [4.69, 9.17) is 27.9 Å². The van der Waals surface area contributed by atoms with Gasteiger partial charge in [0.2, 0.25) is 0 Å². The van der Waals surface area contributed by atoms with Gasteiger partial charge in [-0.15, -0.1) is 12.4 Å². The summed E-state index contributed by atoms with van der Waals surface area (Å²) in [6, 6.07) is 12.6. The average Bonchev–Trinajstić information content (AvgIpc) is 3.52. The van der Waals surface area contributed by atoms with Crippen LogP contribution in [0.2, 0.25) is 10.0 Å². The molecule has 5 aromatic rings. The molecular weight excluding hydrogens is 730 g/mol. The maximum atomic E-state index is 17.1. The van der Waals surface area contributed by atoms with Crippen molar-refractivity contribution in [2.75, 3.05) is 59.8 Å². The second-order valence-corrected chi connectivity index (χ2v) is 13.8. The topological polar surface area (TPSA) is 108 Å². The van der Waals surface area contributed by atoms with Crippen LogP contribution in [-0.4, -0.2) is 70.1 Å². The van der Waals surface area contributed by atoms with Gasteiger partial charge in [0.15, 0.2) is 17.9 Å². The van der Waals surface area contributed by atoms with Crippen molar-refractivity contribution in [2.24, 2.45) is 14.1 Å². The quantitative estimate of drug-likeness (QED) is 0.110. The molecule has 52 heavy (non-hydrogen) atoms. The van der Waals surface area contributed by atoms with E-state index in [-0.39, 0.29) is 30.2 Å². The molecule has 8 rings (SSSR count). The zero-order valence-corrected chi connectivity index (χ0v) is 31.0. The Kier molecular flexibility index (Phi) is 10.2. The molecule has 3 aliphatic rings. The van der Waals surface area contributed by atoms with E-state index in [0.717, 1.165) is 73.3 Å². The van der Waals surface area contributed by atoms with Crippen LogP contribution < -0.4 is 30.5 Å². The Balaban J connectivity index is 0.00000420. The molecule has 3 N–H and O–H groups in total.